The van der Waals surface area contributed by atoms with Crippen LogP contribution >= 0.6 is 15.9 Å². The minimum Gasteiger partial charge on any atom is -0.465 e. The number of nitrogens with zero attached hydrogens (tertiary/aromatic N) is 2. The van der Waals surface area contributed by atoms with Crippen LogP contribution in [0.5, 0.6) is 0 Å². The number of hydrogen-bond acceptors (Lipinski definition) is 2. The molecule has 2 N–H and O–H groups in total. The Balaban J connectivity index is 1.56. The fraction of sp³-hybridized carbons (Fsp3) is 0.200. The zero-order valence-corrected chi connectivity index (χ0v) is 15.6. The Morgan fingerprint density at radius 3 is 2.35 bits per heavy atom. The molecule has 2 aromatic carbocycles. The van der Waals surface area contributed by atoms with Crippen molar-refractivity contribution in [2.45, 2.75) is 18.9 Å². The van der Waals surface area contributed by atoms with Crippen molar-refractivity contribution in [1.82, 2.24) is 14.9 Å². The van der Waals surface area contributed by atoms with E-state index in [2.05, 4.69) is 62.3 Å². The molecule has 132 valence electrons. The normalized spacial score (nSPS) is 16.8. The minimum atomic E-state index is -0.885. The Morgan fingerprint density at radius 2 is 1.69 bits per heavy atom. The summed E-state index contributed by atoms with van der Waals surface area (Å²) in [5, 5.41) is 9.31. The molecular formula is C20H18BrN3O2. The molecule has 0 aliphatic carbocycles. The number of amides is 1. The fourth-order valence-corrected chi connectivity index (χ4v) is 3.68. The maximum absolute atomic E-state index is 11.3. The zero-order valence-electron chi connectivity index (χ0n) is 14.0. The molecule has 1 aromatic heterocycles. The summed E-state index contributed by atoms with van der Waals surface area (Å²) in [6, 6.07) is 16.3. The molecule has 0 saturated carbocycles. The molecule has 1 amide bonds. The number of carbonyl (C=O) groups is 1. The van der Waals surface area contributed by atoms with Gasteiger partial charge in [-0.1, -0.05) is 52.3 Å². The zero-order chi connectivity index (χ0) is 18.1. The second-order valence-corrected chi connectivity index (χ2v) is 7.32. The lowest BCUT2D eigenvalue weighted by Crippen LogP contribution is -2.29. The molecule has 1 saturated heterocycles. The van der Waals surface area contributed by atoms with Crippen LogP contribution in [-0.2, 0) is 0 Å². The Kier molecular flexibility index (Phi) is 4.51. The van der Waals surface area contributed by atoms with Gasteiger partial charge in [0.25, 0.3) is 0 Å². The summed E-state index contributed by atoms with van der Waals surface area (Å²) in [5.74, 6) is 0.719. The van der Waals surface area contributed by atoms with Crippen molar-refractivity contribution in [2.75, 3.05) is 6.54 Å². The van der Waals surface area contributed by atoms with Crippen molar-refractivity contribution in [1.29, 1.82) is 0 Å². The number of rotatable bonds is 3. The quantitative estimate of drug-likeness (QED) is 0.612. The summed E-state index contributed by atoms with van der Waals surface area (Å²) in [6.45, 7) is 0.567. The molecule has 26 heavy (non-hydrogen) atoms. The molecule has 1 aliphatic heterocycles. The van der Waals surface area contributed by atoms with E-state index in [1.54, 1.807) is 6.20 Å². The Morgan fingerprint density at radius 1 is 1.08 bits per heavy atom. The van der Waals surface area contributed by atoms with E-state index in [1.807, 2.05) is 12.1 Å². The molecule has 0 bridgehead atoms. The topological polar surface area (TPSA) is 69.2 Å². The van der Waals surface area contributed by atoms with E-state index in [0.717, 1.165) is 45.5 Å². The van der Waals surface area contributed by atoms with Crippen LogP contribution in [0.4, 0.5) is 4.79 Å². The van der Waals surface area contributed by atoms with Gasteiger partial charge in [0.15, 0.2) is 0 Å². The molecule has 0 radical (unpaired) electrons. The van der Waals surface area contributed by atoms with Crippen LogP contribution in [0.25, 0.3) is 22.4 Å². The van der Waals surface area contributed by atoms with Gasteiger partial charge in [0.2, 0.25) is 0 Å². The van der Waals surface area contributed by atoms with Crippen LogP contribution in [0, 0.1) is 0 Å². The predicted molar refractivity (Wildman–Crippen MR) is 104 cm³/mol. The highest BCUT2D eigenvalue weighted by Gasteiger charge is 2.31. The van der Waals surface area contributed by atoms with Crippen LogP contribution in [0.15, 0.2) is 59.2 Å². The number of H-pyrrole nitrogens is 1. The lowest BCUT2D eigenvalue weighted by atomic mass is 10.0. The Bertz CT molecular complexity index is 919. The minimum absolute atomic E-state index is 0.178. The number of carboxylic acid groups (broad SMARTS) is 1. The molecule has 0 spiro atoms. The molecule has 4 rings (SSSR count). The van der Waals surface area contributed by atoms with Gasteiger partial charge < -0.3 is 10.1 Å². The smallest absolute Gasteiger partial charge is 0.407 e. The van der Waals surface area contributed by atoms with Gasteiger partial charge in [-0.3, -0.25) is 4.90 Å². The SMILES string of the molecule is O=C(O)N1CCC[C@H]1c1ncc(-c2ccc(-c3ccc(Br)cc3)cc2)[nH]1. The van der Waals surface area contributed by atoms with E-state index in [1.165, 1.54) is 4.90 Å². The van der Waals surface area contributed by atoms with Gasteiger partial charge in [0.1, 0.15) is 5.82 Å². The van der Waals surface area contributed by atoms with Gasteiger partial charge in [-0.2, -0.15) is 0 Å². The molecule has 3 aromatic rings. The van der Waals surface area contributed by atoms with Crippen molar-refractivity contribution in [3.8, 4) is 22.4 Å². The molecule has 1 fully saturated rings. The highest BCUT2D eigenvalue weighted by Crippen LogP contribution is 2.32. The first-order chi connectivity index (χ1) is 12.6. The third-order valence-electron chi connectivity index (χ3n) is 4.78. The summed E-state index contributed by atoms with van der Waals surface area (Å²) < 4.78 is 1.06. The van der Waals surface area contributed by atoms with Gasteiger partial charge in [-0.05, 0) is 41.7 Å². The number of benzene rings is 2. The first-order valence-electron chi connectivity index (χ1n) is 8.52. The summed E-state index contributed by atoms with van der Waals surface area (Å²) in [7, 11) is 0. The van der Waals surface area contributed by atoms with Crippen LogP contribution in [-0.4, -0.2) is 32.6 Å². The van der Waals surface area contributed by atoms with Crippen molar-refractivity contribution >= 4 is 22.0 Å². The summed E-state index contributed by atoms with van der Waals surface area (Å²) >= 11 is 3.45. The number of hydrogen-bond donors (Lipinski definition) is 2. The fourth-order valence-electron chi connectivity index (χ4n) is 3.42. The molecular weight excluding hydrogens is 394 g/mol. The van der Waals surface area contributed by atoms with Crippen molar-refractivity contribution in [2.24, 2.45) is 0 Å². The highest BCUT2D eigenvalue weighted by molar-refractivity contribution is 9.10. The standard InChI is InChI=1S/C20H18BrN3O2/c21-16-9-7-14(8-10-16)13-3-5-15(6-4-13)17-12-22-19(23-17)18-2-1-11-24(18)20(25)26/h3-10,12,18H,1-2,11H2,(H,22,23)(H,25,26)/t18-/m0/s1. The molecule has 2 heterocycles. The van der Waals surface area contributed by atoms with Crippen LogP contribution in [0.1, 0.15) is 24.7 Å². The van der Waals surface area contributed by atoms with E-state index in [-0.39, 0.29) is 6.04 Å². The maximum atomic E-state index is 11.3. The monoisotopic (exact) mass is 411 g/mol. The first kappa shape index (κ1) is 16.8. The van der Waals surface area contributed by atoms with Crippen LogP contribution < -0.4 is 0 Å². The average molecular weight is 412 g/mol. The molecule has 5 nitrogen and oxygen atoms in total. The van der Waals surface area contributed by atoms with Gasteiger partial charge in [0.05, 0.1) is 17.9 Å². The number of imidazole rings is 1. The van der Waals surface area contributed by atoms with E-state index >= 15 is 0 Å². The van der Waals surface area contributed by atoms with E-state index < -0.39 is 6.09 Å². The van der Waals surface area contributed by atoms with Gasteiger partial charge in [-0.25, -0.2) is 9.78 Å². The number of likely N-dealkylation sites (tertiary alicyclic amines) is 1. The summed E-state index contributed by atoms with van der Waals surface area (Å²) in [4.78, 5) is 20.5. The van der Waals surface area contributed by atoms with Crippen molar-refractivity contribution in [3.63, 3.8) is 0 Å². The molecule has 6 heteroatoms. The maximum Gasteiger partial charge on any atom is 0.407 e. The van der Waals surface area contributed by atoms with E-state index in [4.69, 9.17) is 0 Å². The Hall–Kier alpha value is -2.60. The van der Waals surface area contributed by atoms with E-state index in [9.17, 15) is 9.90 Å². The van der Waals surface area contributed by atoms with E-state index in [0.29, 0.717) is 6.54 Å². The second kappa shape index (κ2) is 6.96. The lowest BCUT2D eigenvalue weighted by molar-refractivity contribution is 0.139. The van der Waals surface area contributed by atoms with Crippen LogP contribution in [0.3, 0.4) is 0 Å². The molecule has 1 atom stereocenters. The predicted octanol–water partition coefficient (Wildman–Crippen LogP) is 5.32. The second-order valence-electron chi connectivity index (χ2n) is 6.40. The van der Waals surface area contributed by atoms with Gasteiger partial charge in [0, 0.05) is 11.0 Å². The largest absolute Gasteiger partial charge is 0.465 e. The highest BCUT2D eigenvalue weighted by atomic mass is 79.9. The number of nitrogens with one attached hydrogen (secondary N) is 1. The van der Waals surface area contributed by atoms with Crippen LogP contribution in [0.2, 0.25) is 0 Å². The summed E-state index contributed by atoms with van der Waals surface area (Å²) in [6.07, 6.45) is 2.57. The first-order valence-corrected chi connectivity index (χ1v) is 9.32. The van der Waals surface area contributed by atoms with Gasteiger partial charge in [-0.15, -0.1) is 0 Å². The van der Waals surface area contributed by atoms with Crippen molar-refractivity contribution in [3.05, 3.63) is 65.0 Å². The molecule has 0 unspecified atom stereocenters. The third-order valence-corrected chi connectivity index (χ3v) is 5.31. The van der Waals surface area contributed by atoms with Gasteiger partial charge >= 0.3 is 6.09 Å². The number of halogens is 1. The molecule has 1 aliphatic rings. The Labute approximate surface area is 159 Å². The number of aromatic amines is 1. The number of aromatic nitrogens is 2. The third kappa shape index (κ3) is 3.24. The average Bonchev–Trinajstić information content (AvgIpc) is 3.32. The van der Waals surface area contributed by atoms with Crippen molar-refractivity contribution < 1.29 is 9.90 Å². The summed E-state index contributed by atoms with van der Waals surface area (Å²) in [5.41, 5.74) is 4.24. The lowest BCUT2D eigenvalue weighted by Gasteiger charge is -2.19.